The van der Waals surface area contributed by atoms with Crippen LogP contribution in [0.1, 0.15) is 11.4 Å². The highest BCUT2D eigenvalue weighted by atomic mass is 35.5. The fourth-order valence-electron chi connectivity index (χ4n) is 2.64. The Bertz CT molecular complexity index is 1250. The smallest absolute Gasteiger partial charge is 0.244 e. The first-order valence-corrected chi connectivity index (χ1v) is 12.0. The molecule has 0 aliphatic rings. The van der Waals surface area contributed by atoms with E-state index in [0.717, 1.165) is 16.1 Å². The van der Waals surface area contributed by atoms with Gasteiger partial charge in [0, 0.05) is 26.2 Å². The van der Waals surface area contributed by atoms with Gasteiger partial charge in [-0.05, 0) is 29.8 Å². The van der Waals surface area contributed by atoms with Gasteiger partial charge in [0.05, 0.1) is 10.8 Å². The maximum atomic E-state index is 13.8. The molecule has 0 aliphatic carbocycles. The van der Waals surface area contributed by atoms with Gasteiger partial charge in [-0.1, -0.05) is 41.6 Å². The van der Waals surface area contributed by atoms with Crippen molar-refractivity contribution in [2.75, 3.05) is 31.0 Å². The monoisotopic (exact) mass is 498 g/mol. The summed E-state index contributed by atoms with van der Waals surface area (Å²) < 4.78 is 40.8. The third kappa shape index (κ3) is 5.38. The van der Waals surface area contributed by atoms with Gasteiger partial charge in [-0.2, -0.15) is 0 Å². The van der Waals surface area contributed by atoms with E-state index in [9.17, 15) is 17.6 Å². The Labute approximate surface area is 193 Å². The highest BCUT2D eigenvalue weighted by Crippen LogP contribution is 2.27. The predicted octanol–water partition coefficient (Wildman–Crippen LogP) is 2.36. The summed E-state index contributed by atoms with van der Waals surface area (Å²) in [5.41, 5.74) is 0.696. The molecule has 3 rings (SSSR count). The molecule has 3 aromatic rings. The summed E-state index contributed by atoms with van der Waals surface area (Å²) in [5.74, 6) is 5.48. The lowest BCUT2D eigenvalue weighted by atomic mass is 10.1. The Morgan fingerprint density at radius 3 is 2.66 bits per heavy atom. The average molecular weight is 499 g/mol. The van der Waals surface area contributed by atoms with Crippen LogP contribution in [0.2, 0.25) is 5.02 Å². The lowest BCUT2D eigenvalue weighted by molar-refractivity contribution is -0.113. The standard InChI is InChI=1S/C19H20ClFN6O3S2/c1-26(2)32(29,30)16-10-13(7-8-14(16)20)23-18(28)11-31-19-25-24-17(27(19)22)9-12-5-3-4-6-15(12)21/h3-8,10H,9,11,22H2,1-2H3,(H,23,28). The molecule has 0 saturated carbocycles. The van der Waals surface area contributed by atoms with Crippen molar-refractivity contribution in [1.29, 1.82) is 0 Å². The minimum Gasteiger partial charge on any atom is -0.336 e. The number of thioether (sulfide) groups is 1. The van der Waals surface area contributed by atoms with E-state index < -0.39 is 15.9 Å². The highest BCUT2D eigenvalue weighted by Gasteiger charge is 2.21. The lowest BCUT2D eigenvalue weighted by Gasteiger charge is -2.14. The summed E-state index contributed by atoms with van der Waals surface area (Å²) in [7, 11) is -1.00. The molecule has 3 N–H and O–H groups in total. The van der Waals surface area contributed by atoms with Crippen LogP contribution in [0, 0.1) is 5.82 Å². The molecule has 0 atom stereocenters. The second-order valence-electron chi connectivity index (χ2n) is 6.81. The van der Waals surface area contributed by atoms with E-state index >= 15 is 0 Å². The van der Waals surface area contributed by atoms with Crippen LogP contribution in [-0.4, -0.2) is 53.4 Å². The van der Waals surface area contributed by atoms with Crippen molar-refractivity contribution in [3.05, 3.63) is 64.7 Å². The molecule has 1 amide bonds. The summed E-state index contributed by atoms with van der Waals surface area (Å²) >= 11 is 7.05. The molecule has 0 aliphatic heterocycles. The zero-order chi connectivity index (χ0) is 23.5. The van der Waals surface area contributed by atoms with Gasteiger partial charge in [0.2, 0.25) is 21.1 Å². The average Bonchev–Trinajstić information content (AvgIpc) is 3.08. The number of aromatic nitrogens is 3. The van der Waals surface area contributed by atoms with Crippen LogP contribution < -0.4 is 11.2 Å². The van der Waals surface area contributed by atoms with Crippen molar-refractivity contribution in [2.24, 2.45) is 0 Å². The molecule has 0 fully saturated rings. The van der Waals surface area contributed by atoms with Crippen molar-refractivity contribution in [2.45, 2.75) is 16.5 Å². The van der Waals surface area contributed by atoms with Crippen LogP contribution >= 0.6 is 23.4 Å². The zero-order valence-corrected chi connectivity index (χ0v) is 19.5. The molecule has 13 heteroatoms. The van der Waals surface area contributed by atoms with E-state index in [4.69, 9.17) is 17.4 Å². The minimum absolute atomic E-state index is 0.0460. The number of nitrogens with two attached hydrogens (primary N) is 1. The molecule has 9 nitrogen and oxygen atoms in total. The number of benzene rings is 2. The molecular weight excluding hydrogens is 479 g/mol. The molecular formula is C19H20ClFN6O3S2. The number of nitrogen functional groups attached to an aromatic ring is 1. The van der Waals surface area contributed by atoms with Crippen molar-refractivity contribution in [3.8, 4) is 0 Å². The number of hydrogen-bond acceptors (Lipinski definition) is 7. The molecule has 0 radical (unpaired) electrons. The molecule has 1 heterocycles. The fraction of sp³-hybridized carbons (Fsp3) is 0.211. The number of carbonyl (C=O) groups is 1. The van der Waals surface area contributed by atoms with E-state index in [1.54, 1.807) is 18.2 Å². The Morgan fingerprint density at radius 2 is 1.97 bits per heavy atom. The van der Waals surface area contributed by atoms with Crippen LogP contribution in [0.3, 0.4) is 0 Å². The van der Waals surface area contributed by atoms with E-state index in [0.29, 0.717) is 11.4 Å². The Kier molecular flexibility index (Phi) is 7.39. The third-order valence-electron chi connectivity index (χ3n) is 4.35. The van der Waals surface area contributed by atoms with Crippen LogP contribution in [0.4, 0.5) is 10.1 Å². The minimum atomic E-state index is -3.77. The summed E-state index contributed by atoms with van der Waals surface area (Å²) in [4.78, 5) is 12.2. The topological polar surface area (TPSA) is 123 Å². The van der Waals surface area contributed by atoms with Crippen LogP contribution in [0.15, 0.2) is 52.5 Å². The lowest BCUT2D eigenvalue weighted by Crippen LogP contribution is -2.23. The first kappa shape index (κ1) is 24.0. The molecule has 32 heavy (non-hydrogen) atoms. The second-order valence-corrected chi connectivity index (χ2v) is 10.3. The first-order valence-electron chi connectivity index (χ1n) is 9.17. The maximum Gasteiger partial charge on any atom is 0.244 e. The fourth-order valence-corrected chi connectivity index (χ4v) is 4.71. The SMILES string of the molecule is CN(C)S(=O)(=O)c1cc(NC(=O)CSc2nnc(Cc3ccccc3F)n2N)ccc1Cl. The van der Waals surface area contributed by atoms with E-state index in [1.807, 2.05) is 0 Å². The number of nitrogens with one attached hydrogen (secondary N) is 1. The summed E-state index contributed by atoms with van der Waals surface area (Å²) in [5, 5.41) is 10.8. The largest absolute Gasteiger partial charge is 0.336 e. The summed E-state index contributed by atoms with van der Waals surface area (Å²) in [6, 6.07) is 10.5. The molecule has 1 aromatic heterocycles. The van der Waals surface area contributed by atoms with Gasteiger partial charge >= 0.3 is 0 Å². The van der Waals surface area contributed by atoms with Gasteiger partial charge in [-0.15, -0.1) is 10.2 Å². The van der Waals surface area contributed by atoms with Crippen molar-refractivity contribution < 1.29 is 17.6 Å². The molecule has 0 unspecified atom stereocenters. The van der Waals surface area contributed by atoms with E-state index in [2.05, 4.69) is 15.5 Å². The Balaban J connectivity index is 1.65. The number of halogens is 2. The number of sulfonamides is 1. The second kappa shape index (κ2) is 9.86. The van der Waals surface area contributed by atoms with Crippen molar-refractivity contribution >= 4 is 45.0 Å². The Hall–Kier alpha value is -2.67. The number of nitrogens with zero attached hydrogens (tertiary/aromatic N) is 4. The van der Waals surface area contributed by atoms with Gasteiger partial charge in [0.1, 0.15) is 10.7 Å². The highest BCUT2D eigenvalue weighted by molar-refractivity contribution is 7.99. The van der Waals surface area contributed by atoms with Crippen molar-refractivity contribution in [3.63, 3.8) is 0 Å². The zero-order valence-electron chi connectivity index (χ0n) is 17.1. The van der Waals surface area contributed by atoms with Crippen molar-refractivity contribution in [1.82, 2.24) is 19.2 Å². The number of amides is 1. The summed E-state index contributed by atoms with van der Waals surface area (Å²) in [6.07, 6.45) is 0.150. The quantitative estimate of drug-likeness (QED) is 0.361. The molecule has 2 aromatic carbocycles. The Morgan fingerprint density at radius 1 is 1.25 bits per heavy atom. The van der Waals surface area contributed by atoms with Gasteiger partial charge in [0.25, 0.3) is 0 Å². The molecule has 0 spiro atoms. The number of hydrogen-bond donors (Lipinski definition) is 2. The van der Waals surface area contributed by atoms with Gasteiger partial charge < -0.3 is 11.2 Å². The maximum absolute atomic E-state index is 13.8. The van der Waals surface area contributed by atoms with E-state index in [1.165, 1.54) is 43.0 Å². The third-order valence-corrected chi connectivity index (χ3v) is 7.59. The van der Waals surface area contributed by atoms with Crippen LogP contribution in [-0.2, 0) is 21.2 Å². The van der Waals surface area contributed by atoms with E-state index in [-0.39, 0.29) is 38.8 Å². The molecule has 0 saturated heterocycles. The first-order chi connectivity index (χ1) is 15.1. The van der Waals surface area contributed by atoms with Gasteiger partial charge in [0.15, 0.2) is 5.82 Å². The molecule has 0 bridgehead atoms. The number of anilines is 1. The normalized spacial score (nSPS) is 11.7. The number of carbonyl (C=O) groups excluding carboxylic acids is 1. The van der Waals surface area contributed by atoms with Crippen LogP contribution in [0.25, 0.3) is 0 Å². The van der Waals surface area contributed by atoms with Gasteiger partial charge in [-0.25, -0.2) is 21.8 Å². The summed E-state index contributed by atoms with van der Waals surface area (Å²) in [6.45, 7) is 0. The van der Waals surface area contributed by atoms with Gasteiger partial charge in [-0.3, -0.25) is 4.79 Å². The predicted molar refractivity (Wildman–Crippen MR) is 121 cm³/mol. The number of rotatable bonds is 8. The van der Waals surface area contributed by atoms with Crippen LogP contribution in [0.5, 0.6) is 0 Å². The molecule has 170 valence electrons.